The summed E-state index contributed by atoms with van der Waals surface area (Å²) in [6.07, 6.45) is 6.14. The summed E-state index contributed by atoms with van der Waals surface area (Å²) in [7, 11) is 0. The van der Waals surface area contributed by atoms with E-state index in [1.165, 1.54) is 33.6 Å². The third-order valence-electron chi connectivity index (χ3n) is 5.16. The van der Waals surface area contributed by atoms with Gasteiger partial charge in [-0.1, -0.05) is 61.2 Å². The quantitative estimate of drug-likeness (QED) is 0.383. The second-order valence-corrected chi connectivity index (χ2v) is 7.98. The Morgan fingerprint density at radius 1 is 1.24 bits per heavy atom. The molecule has 29 heavy (non-hydrogen) atoms. The SMILES string of the molecule is C=CC1=C(/C=C\C)c2ccccc2C1NCc1ccc2cc(C(=O)NO)sc2c1. The van der Waals surface area contributed by atoms with Gasteiger partial charge >= 0.3 is 0 Å². The van der Waals surface area contributed by atoms with E-state index in [2.05, 4.69) is 60.4 Å². The van der Waals surface area contributed by atoms with Gasteiger partial charge in [-0.05, 0) is 52.3 Å². The average molecular weight is 403 g/mol. The molecule has 0 spiro atoms. The Bertz CT molecular complexity index is 1160. The highest BCUT2D eigenvalue weighted by atomic mass is 32.1. The molecule has 0 saturated carbocycles. The molecule has 0 bridgehead atoms. The largest absolute Gasteiger partial charge is 0.302 e. The van der Waals surface area contributed by atoms with E-state index in [0.717, 1.165) is 15.6 Å². The van der Waals surface area contributed by atoms with E-state index >= 15 is 0 Å². The molecule has 4 nitrogen and oxygen atoms in total. The smallest absolute Gasteiger partial charge is 0.284 e. The first-order chi connectivity index (χ1) is 14.2. The van der Waals surface area contributed by atoms with Crippen molar-refractivity contribution in [2.45, 2.75) is 19.5 Å². The molecule has 2 aromatic carbocycles. The zero-order valence-electron chi connectivity index (χ0n) is 16.1. The van der Waals surface area contributed by atoms with Crippen LogP contribution in [-0.2, 0) is 6.54 Å². The monoisotopic (exact) mass is 402 g/mol. The zero-order chi connectivity index (χ0) is 20.4. The highest BCUT2D eigenvalue weighted by Gasteiger charge is 2.27. The van der Waals surface area contributed by atoms with Crippen LogP contribution >= 0.6 is 11.3 Å². The maximum atomic E-state index is 11.7. The van der Waals surface area contributed by atoms with Crippen molar-refractivity contribution in [2.24, 2.45) is 0 Å². The van der Waals surface area contributed by atoms with Gasteiger partial charge in [0.1, 0.15) is 0 Å². The lowest BCUT2D eigenvalue weighted by atomic mass is 10.0. The van der Waals surface area contributed by atoms with E-state index in [1.807, 2.05) is 19.1 Å². The molecule has 1 aliphatic rings. The molecule has 1 heterocycles. The summed E-state index contributed by atoms with van der Waals surface area (Å²) in [5, 5.41) is 13.5. The van der Waals surface area contributed by atoms with Crippen molar-refractivity contribution in [1.82, 2.24) is 10.8 Å². The van der Waals surface area contributed by atoms with E-state index in [1.54, 1.807) is 11.5 Å². The molecule has 1 aromatic heterocycles. The van der Waals surface area contributed by atoms with Crippen LogP contribution in [0.3, 0.4) is 0 Å². The normalized spacial score (nSPS) is 15.9. The van der Waals surface area contributed by atoms with Crippen molar-refractivity contribution in [3.05, 3.63) is 100 Å². The van der Waals surface area contributed by atoms with Crippen molar-refractivity contribution in [2.75, 3.05) is 0 Å². The van der Waals surface area contributed by atoms with Crippen LogP contribution in [0.2, 0.25) is 0 Å². The third-order valence-corrected chi connectivity index (χ3v) is 6.25. The predicted octanol–water partition coefficient (Wildman–Crippen LogP) is 5.38. The van der Waals surface area contributed by atoms with Crippen LogP contribution in [0, 0.1) is 0 Å². The molecule has 0 radical (unpaired) electrons. The molecule has 1 unspecified atom stereocenters. The van der Waals surface area contributed by atoms with Gasteiger partial charge in [0.15, 0.2) is 0 Å². The van der Waals surface area contributed by atoms with Crippen molar-refractivity contribution in [3.63, 3.8) is 0 Å². The van der Waals surface area contributed by atoms with E-state index in [0.29, 0.717) is 11.4 Å². The number of carbonyl (C=O) groups excluding carboxylic acids is 1. The lowest BCUT2D eigenvalue weighted by Gasteiger charge is -2.17. The maximum absolute atomic E-state index is 11.7. The van der Waals surface area contributed by atoms with Crippen molar-refractivity contribution < 1.29 is 10.0 Å². The molecule has 4 rings (SSSR count). The third kappa shape index (κ3) is 3.56. The number of hydroxylamine groups is 1. The molecule has 0 fully saturated rings. The fourth-order valence-electron chi connectivity index (χ4n) is 3.85. The maximum Gasteiger partial charge on any atom is 0.284 e. The summed E-state index contributed by atoms with van der Waals surface area (Å²) in [6, 6.07) is 16.5. The van der Waals surface area contributed by atoms with Crippen LogP contribution < -0.4 is 10.8 Å². The fourth-order valence-corrected chi connectivity index (χ4v) is 4.86. The van der Waals surface area contributed by atoms with Crippen LogP contribution in [-0.4, -0.2) is 11.1 Å². The molecule has 1 amide bonds. The number of allylic oxidation sites excluding steroid dienone is 3. The first kappa shape index (κ1) is 19.3. The number of thiophene rings is 1. The van der Waals surface area contributed by atoms with Gasteiger partial charge in [-0.3, -0.25) is 10.0 Å². The van der Waals surface area contributed by atoms with Gasteiger partial charge in [-0.25, -0.2) is 5.48 Å². The van der Waals surface area contributed by atoms with Crippen LogP contribution in [0.25, 0.3) is 15.7 Å². The Morgan fingerprint density at radius 2 is 2.07 bits per heavy atom. The minimum Gasteiger partial charge on any atom is -0.302 e. The lowest BCUT2D eigenvalue weighted by Crippen LogP contribution is -2.20. The van der Waals surface area contributed by atoms with Crippen molar-refractivity contribution in [3.8, 4) is 0 Å². The average Bonchev–Trinajstić information content (AvgIpc) is 3.30. The van der Waals surface area contributed by atoms with Crippen LogP contribution in [0.5, 0.6) is 0 Å². The molecule has 0 saturated heterocycles. The van der Waals surface area contributed by atoms with Gasteiger partial charge in [-0.2, -0.15) is 0 Å². The topological polar surface area (TPSA) is 61.4 Å². The minimum absolute atomic E-state index is 0.0876. The summed E-state index contributed by atoms with van der Waals surface area (Å²) in [6.45, 7) is 6.76. The summed E-state index contributed by atoms with van der Waals surface area (Å²) in [4.78, 5) is 12.1. The van der Waals surface area contributed by atoms with Gasteiger partial charge in [0.2, 0.25) is 0 Å². The van der Waals surface area contributed by atoms with Gasteiger partial charge in [0.25, 0.3) is 5.91 Å². The Morgan fingerprint density at radius 3 is 2.83 bits per heavy atom. The summed E-state index contributed by atoms with van der Waals surface area (Å²) in [5.41, 5.74) is 7.72. The van der Waals surface area contributed by atoms with Crippen LogP contribution in [0.1, 0.15) is 39.3 Å². The highest BCUT2D eigenvalue weighted by Crippen LogP contribution is 2.41. The molecule has 1 aliphatic carbocycles. The van der Waals surface area contributed by atoms with E-state index in [4.69, 9.17) is 5.21 Å². The molecule has 5 heteroatoms. The van der Waals surface area contributed by atoms with Gasteiger partial charge in [0, 0.05) is 11.2 Å². The Hall–Kier alpha value is -2.99. The number of rotatable bonds is 6. The minimum atomic E-state index is -0.481. The van der Waals surface area contributed by atoms with E-state index in [-0.39, 0.29) is 6.04 Å². The number of fused-ring (bicyclic) bond motifs is 2. The van der Waals surface area contributed by atoms with Crippen molar-refractivity contribution >= 4 is 32.9 Å². The Labute approximate surface area is 173 Å². The molecule has 3 N–H and O–H groups in total. The van der Waals surface area contributed by atoms with E-state index < -0.39 is 5.91 Å². The number of hydrogen-bond acceptors (Lipinski definition) is 4. The first-order valence-electron chi connectivity index (χ1n) is 9.45. The molecule has 1 atom stereocenters. The van der Waals surface area contributed by atoms with E-state index in [9.17, 15) is 4.79 Å². The highest BCUT2D eigenvalue weighted by molar-refractivity contribution is 7.20. The van der Waals surface area contributed by atoms with Crippen molar-refractivity contribution in [1.29, 1.82) is 0 Å². The zero-order valence-corrected chi connectivity index (χ0v) is 16.9. The summed E-state index contributed by atoms with van der Waals surface area (Å²) >= 11 is 1.37. The molecule has 146 valence electrons. The fraction of sp³-hybridized carbons (Fsp3) is 0.125. The molecular weight excluding hydrogens is 380 g/mol. The van der Waals surface area contributed by atoms with Gasteiger partial charge < -0.3 is 5.32 Å². The Kier molecular flexibility index (Phi) is 5.45. The second kappa shape index (κ2) is 8.17. The van der Waals surface area contributed by atoms with Gasteiger partial charge in [0.05, 0.1) is 10.9 Å². The lowest BCUT2D eigenvalue weighted by molar-refractivity contribution is 0.0711. The predicted molar refractivity (Wildman–Crippen MR) is 119 cm³/mol. The molecule has 0 aliphatic heterocycles. The number of hydrogen-bond donors (Lipinski definition) is 3. The number of carbonyl (C=O) groups is 1. The number of benzene rings is 2. The first-order valence-corrected chi connectivity index (χ1v) is 10.3. The van der Waals surface area contributed by atoms with Crippen LogP contribution in [0.4, 0.5) is 0 Å². The molecule has 3 aromatic rings. The molecular formula is C24H22N2O2S. The summed E-state index contributed by atoms with van der Waals surface area (Å²) in [5.74, 6) is -0.481. The standard InChI is InChI=1S/C24H22N2O2S/c1-3-7-18-17(4-2)23(20-9-6-5-8-19(18)20)25-14-15-10-11-16-13-22(24(27)26-28)29-21(16)12-15/h3-13,23,25,28H,2,14H2,1H3,(H,26,27)/b7-3-. The summed E-state index contributed by atoms with van der Waals surface area (Å²) < 4.78 is 1.02. The van der Waals surface area contributed by atoms with Crippen LogP contribution in [0.15, 0.2) is 78.9 Å². The number of amides is 1. The number of nitrogens with one attached hydrogen (secondary N) is 2. The second-order valence-electron chi connectivity index (χ2n) is 6.90. The Balaban J connectivity index is 1.61. The van der Waals surface area contributed by atoms with Gasteiger partial charge in [-0.15, -0.1) is 11.3 Å².